The maximum absolute atomic E-state index is 11.1. The van der Waals surface area contributed by atoms with Crippen LogP contribution in [-0.2, 0) is 0 Å². The minimum atomic E-state index is -1.20. The van der Waals surface area contributed by atoms with E-state index in [2.05, 4.69) is 0 Å². The molecule has 110 valence electrons. The molecule has 0 amide bonds. The van der Waals surface area contributed by atoms with E-state index in [1.807, 2.05) is 13.8 Å². The number of aliphatic hydroxyl groups is 1. The maximum Gasteiger partial charge on any atom is 0.335 e. The Balaban J connectivity index is 3.26. The standard InChI is InChI=1S/C13H18N2O5/c1-9(2)14(6-3-7-16)11-5-4-10(13(17)18)8-12(11)15(19)20/h4-5,8-9,16H,3,6-7H2,1-2H3,(H,17,18). The van der Waals surface area contributed by atoms with Gasteiger partial charge in [0.1, 0.15) is 5.69 Å². The average Bonchev–Trinajstić information content (AvgIpc) is 2.38. The van der Waals surface area contributed by atoms with Crippen molar-refractivity contribution in [2.45, 2.75) is 26.3 Å². The summed E-state index contributed by atoms with van der Waals surface area (Å²) in [5, 5.41) is 28.9. The number of nitro benzene ring substituents is 1. The zero-order valence-corrected chi connectivity index (χ0v) is 11.4. The van der Waals surface area contributed by atoms with Crippen molar-refractivity contribution in [3.8, 4) is 0 Å². The smallest absolute Gasteiger partial charge is 0.335 e. The van der Waals surface area contributed by atoms with E-state index in [4.69, 9.17) is 10.2 Å². The molecular weight excluding hydrogens is 264 g/mol. The predicted octanol–water partition coefficient (Wildman–Crippen LogP) is 1.89. The zero-order chi connectivity index (χ0) is 15.3. The molecule has 1 aromatic carbocycles. The summed E-state index contributed by atoms with van der Waals surface area (Å²) in [6.07, 6.45) is 0.482. The van der Waals surface area contributed by atoms with Crippen LogP contribution in [0.15, 0.2) is 18.2 Å². The molecule has 0 aliphatic rings. The first kappa shape index (κ1) is 15.9. The normalized spacial score (nSPS) is 10.6. The van der Waals surface area contributed by atoms with Crippen LogP contribution < -0.4 is 4.90 Å². The predicted molar refractivity (Wildman–Crippen MR) is 74.2 cm³/mol. The second-order valence-electron chi connectivity index (χ2n) is 4.63. The number of carboxylic acid groups (broad SMARTS) is 1. The first-order valence-corrected chi connectivity index (χ1v) is 6.27. The third-order valence-corrected chi connectivity index (χ3v) is 2.91. The van der Waals surface area contributed by atoms with E-state index in [0.29, 0.717) is 18.7 Å². The number of aromatic carboxylic acids is 1. The van der Waals surface area contributed by atoms with Crippen LogP contribution in [0.5, 0.6) is 0 Å². The Labute approximate surface area is 116 Å². The lowest BCUT2D eigenvalue weighted by molar-refractivity contribution is -0.384. The Hall–Kier alpha value is -2.15. The summed E-state index contributed by atoms with van der Waals surface area (Å²) in [4.78, 5) is 23.2. The van der Waals surface area contributed by atoms with Crippen LogP contribution >= 0.6 is 0 Å². The number of rotatable bonds is 7. The third kappa shape index (κ3) is 3.67. The Morgan fingerprint density at radius 2 is 2.10 bits per heavy atom. The minimum Gasteiger partial charge on any atom is -0.478 e. The van der Waals surface area contributed by atoms with E-state index in [0.717, 1.165) is 6.07 Å². The number of anilines is 1. The van der Waals surface area contributed by atoms with Crippen LogP contribution in [0, 0.1) is 10.1 Å². The van der Waals surface area contributed by atoms with E-state index < -0.39 is 10.9 Å². The Kier molecular flexibility index (Phi) is 5.45. The van der Waals surface area contributed by atoms with Crippen molar-refractivity contribution < 1.29 is 19.9 Å². The average molecular weight is 282 g/mol. The van der Waals surface area contributed by atoms with Gasteiger partial charge in [-0.2, -0.15) is 0 Å². The lowest BCUT2D eigenvalue weighted by atomic mass is 10.1. The van der Waals surface area contributed by atoms with Crippen molar-refractivity contribution in [1.82, 2.24) is 0 Å². The van der Waals surface area contributed by atoms with Crippen LogP contribution in [-0.4, -0.2) is 40.3 Å². The first-order valence-electron chi connectivity index (χ1n) is 6.27. The Morgan fingerprint density at radius 3 is 2.55 bits per heavy atom. The molecule has 0 aromatic heterocycles. The first-order chi connectivity index (χ1) is 9.38. The SMILES string of the molecule is CC(C)N(CCCO)c1ccc(C(=O)O)cc1[N+](=O)[O-]. The highest BCUT2D eigenvalue weighted by Gasteiger charge is 2.23. The van der Waals surface area contributed by atoms with Crippen LogP contribution in [0.2, 0.25) is 0 Å². The van der Waals surface area contributed by atoms with Crippen molar-refractivity contribution in [2.24, 2.45) is 0 Å². The van der Waals surface area contributed by atoms with Crippen molar-refractivity contribution in [3.05, 3.63) is 33.9 Å². The number of carboxylic acids is 1. The second-order valence-corrected chi connectivity index (χ2v) is 4.63. The largest absolute Gasteiger partial charge is 0.478 e. The number of benzene rings is 1. The Bertz CT molecular complexity index is 502. The molecule has 7 heteroatoms. The summed E-state index contributed by atoms with van der Waals surface area (Å²) in [5.41, 5.74) is 0.00584. The molecule has 7 nitrogen and oxygen atoms in total. The molecule has 2 N–H and O–H groups in total. The summed E-state index contributed by atoms with van der Waals surface area (Å²) in [6, 6.07) is 3.85. The number of hydrogen-bond acceptors (Lipinski definition) is 5. The summed E-state index contributed by atoms with van der Waals surface area (Å²) < 4.78 is 0. The molecule has 0 aliphatic heterocycles. The topological polar surface area (TPSA) is 104 Å². The minimum absolute atomic E-state index is 0.00377. The van der Waals surface area contributed by atoms with Gasteiger partial charge in [-0.05, 0) is 32.4 Å². The number of hydrogen-bond donors (Lipinski definition) is 2. The molecule has 0 radical (unpaired) electrons. The fourth-order valence-electron chi connectivity index (χ4n) is 1.94. The summed E-state index contributed by atoms with van der Waals surface area (Å²) >= 11 is 0. The van der Waals surface area contributed by atoms with Gasteiger partial charge in [0.05, 0.1) is 10.5 Å². The highest BCUT2D eigenvalue weighted by atomic mass is 16.6. The monoisotopic (exact) mass is 282 g/mol. The quantitative estimate of drug-likeness (QED) is 0.584. The molecule has 1 aromatic rings. The van der Waals surface area contributed by atoms with Gasteiger partial charge >= 0.3 is 5.97 Å². The highest BCUT2D eigenvalue weighted by Crippen LogP contribution is 2.30. The van der Waals surface area contributed by atoms with Gasteiger partial charge in [0.25, 0.3) is 5.69 Å². The molecule has 20 heavy (non-hydrogen) atoms. The van der Waals surface area contributed by atoms with Gasteiger partial charge in [-0.25, -0.2) is 4.79 Å². The number of nitrogens with zero attached hydrogens (tertiary/aromatic N) is 2. The molecular formula is C13H18N2O5. The molecule has 1 rings (SSSR count). The summed E-state index contributed by atoms with van der Waals surface area (Å²) in [7, 11) is 0. The van der Waals surface area contributed by atoms with Crippen LogP contribution in [0.1, 0.15) is 30.6 Å². The van der Waals surface area contributed by atoms with Crippen molar-refractivity contribution in [3.63, 3.8) is 0 Å². The van der Waals surface area contributed by atoms with E-state index in [1.54, 1.807) is 4.90 Å². The van der Waals surface area contributed by atoms with Crippen molar-refractivity contribution >= 4 is 17.3 Å². The molecule has 0 spiro atoms. The maximum atomic E-state index is 11.1. The molecule has 0 heterocycles. The van der Waals surface area contributed by atoms with E-state index in [9.17, 15) is 14.9 Å². The number of carbonyl (C=O) groups is 1. The second kappa shape index (κ2) is 6.85. The van der Waals surface area contributed by atoms with E-state index in [-0.39, 0.29) is 23.9 Å². The molecule has 0 aliphatic carbocycles. The fraction of sp³-hybridized carbons (Fsp3) is 0.462. The molecule has 0 fully saturated rings. The molecule has 0 saturated carbocycles. The third-order valence-electron chi connectivity index (χ3n) is 2.91. The van der Waals surface area contributed by atoms with Gasteiger partial charge in [0.15, 0.2) is 0 Å². The van der Waals surface area contributed by atoms with Gasteiger partial charge < -0.3 is 15.1 Å². The zero-order valence-electron chi connectivity index (χ0n) is 11.4. The van der Waals surface area contributed by atoms with E-state index in [1.165, 1.54) is 12.1 Å². The van der Waals surface area contributed by atoms with Crippen molar-refractivity contribution in [2.75, 3.05) is 18.1 Å². The number of aliphatic hydroxyl groups excluding tert-OH is 1. The molecule has 0 bridgehead atoms. The highest BCUT2D eigenvalue weighted by molar-refractivity contribution is 5.89. The van der Waals surface area contributed by atoms with Gasteiger partial charge in [-0.3, -0.25) is 10.1 Å². The molecule has 0 saturated heterocycles. The van der Waals surface area contributed by atoms with Crippen molar-refractivity contribution in [1.29, 1.82) is 0 Å². The molecule has 0 unspecified atom stereocenters. The van der Waals surface area contributed by atoms with Crippen LogP contribution in [0.25, 0.3) is 0 Å². The summed E-state index contributed by atoms with van der Waals surface area (Å²) in [5.74, 6) is -1.20. The Morgan fingerprint density at radius 1 is 1.45 bits per heavy atom. The fourth-order valence-corrected chi connectivity index (χ4v) is 1.94. The summed E-state index contributed by atoms with van der Waals surface area (Å²) in [6.45, 7) is 4.21. The lowest BCUT2D eigenvalue weighted by Gasteiger charge is -2.28. The lowest BCUT2D eigenvalue weighted by Crippen LogP contribution is -2.32. The van der Waals surface area contributed by atoms with Crippen LogP contribution in [0.4, 0.5) is 11.4 Å². The molecule has 0 atom stereocenters. The number of nitro groups is 1. The van der Waals surface area contributed by atoms with Gasteiger partial charge in [0.2, 0.25) is 0 Å². The van der Waals surface area contributed by atoms with Gasteiger partial charge in [-0.15, -0.1) is 0 Å². The van der Waals surface area contributed by atoms with Gasteiger partial charge in [-0.1, -0.05) is 0 Å². The van der Waals surface area contributed by atoms with Crippen LogP contribution in [0.3, 0.4) is 0 Å². The van der Waals surface area contributed by atoms with Gasteiger partial charge in [0, 0.05) is 25.3 Å². The van der Waals surface area contributed by atoms with E-state index >= 15 is 0 Å².